The molecule has 152 valence electrons. The van der Waals surface area contributed by atoms with Crippen molar-refractivity contribution in [2.75, 3.05) is 5.75 Å². The van der Waals surface area contributed by atoms with E-state index in [1.807, 2.05) is 54.8 Å². The van der Waals surface area contributed by atoms with Crippen molar-refractivity contribution in [2.24, 2.45) is 0 Å². The number of amides is 1. The van der Waals surface area contributed by atoms with Crippen molar-refractivity contribution in [3.05, 3.63) is 58.6 Å². The molecule has 8 heteroatoms. The highest BCUT2D eigenvalue weighted by atomic mass is 35.5. The molecule has 1 amide bonds. The van der Waals surface area contributed by atoms with Gasteiger partial charge >= 0.3 is 0 Å². The van der Waals surface area contributed by atoms with Gasteiger partial charge < -0.3 is 5.32 Å². The number of carbonyl (C=O) groups excluding carboxylic acids is 1. The monoisotopic (exact) mass is 448 g/mol. The molecule has 0 aliphatic heterocycles. The van der Waals surface area contributed by atoms with Gasteiger partial charge in [-0.2, -0.15) is 0 Å². The molecule has 3 rings (SSSR count). The summed E-state index contributed by atoms with van der Waals surface area (Å²) >= 11 is 13.9. The topological polar surface area (TPSA) is 59.8 Å². The van der Waals surface area contributed by atoms with Gasteiger partial charge in [0.25, 0.3) is 0 Å². The normalized spacial score (nSPS) is 11.1. The fourth-order valence-electron chi connectivity index (χ4n) is 2.78. The van der Waals surface area contributed by atoms with E-state index in [4.69, 9.17) is 23.2 Å². The highest BCUT2D eigenvalue weighted by Crippen LogP contribution is 2.31. The van der Waals surface area contributed by atoms with Gasteiger partial charge in [-0.3, -0.25) is 9.36 Å². The lowest BCUT2D eigenvalue weighted by Crippen LogP contribution is -2.29. The summed E-state index contributed by atoms with van der Waals surface area (Å²) in [7, 11) is 0. The second-order valence-corrected chi connectivity index (χ2v) is 8.66. The average Bonchev–Trinajstić information content (AvgIpc) is 3.11. The summed E-state index contributed by atoms with van der Waals surface area (Å²) in [4.78, 5) is 11.8. The molecule has 0 aliphatic carbocycles. The molecular formula is C21H22Cl2N4OS. The Morgan fingerprint density at radius 2 is 1.86 bits per heavy atom. The quantitative estimate of drug-likeness (QED) is 0.357. The van der Waals surface area contributed by atoms with Gasteiger partial charge in [0, 0.05) is 23.8 Å². The Labute approximate surface area is 184 Å². The molecule has 1 heterocycles. The summed E-state index contributed by atoms with van der Waals surface area (Å²) < 4.78 is 1.97. The summed E-state index contributed by atoms with van der Waals surface area (Å²) in [5.74, 6) is 1.54. The molecule has 0 saturated carbocycles. The van der Waals surface area contributed by atoms with Crippen molar-refractivity contribution in [1.82, 2.24) is 20.1 Å². The minimum absolute atomic E-state index is 0.0662. The fraction of sp³-hybridized carbons (Fsp3) is 0.286. The van der Waals surface area contributed by atoms with Crippen molar-refractivity contribution in [2.45, 2.75) is 37.9 Å². The lowest BCUT2D eigenvalue weighted by atomic mass is 10.2. The predicted octanol–water partition coefficient (Wildman–Crippen LogP) is 5.64. The van der Waals surface area contributed by atoms with E-state index in [1.165, 1.54) is 0 Å². The van der Waals surface area contributed by atoms with Crippen LogP contribution in [-0.2, 0) is 4.79 Å². The second kappa shape index (κ2) is 10.1. The van der Waals surface area contributed by atoms with Crippen LogP contribution in [0.3, 0.4) is 0 Å². The Morgan fingerprint density at radius 1 is 1.10 bits per heavy atom. The smallest absolute Gasteiger partial charge is 0.220 e. The Bertz CT molecular complexity index is 976. The van der Waals surface area contributed by atoms with Crippen LogP contribution in [-0.4, -0.2) is 32.5 Å². The van der Waals surface area contributed by atoms with Gasteiger partial charge in [-0.05, 0) is 38.5 Å². The Balaban J connectivity index is 1.83. The summed E-state index contributed by atoms with van der Waals surface area (Å²) in [6, 6.07) is 15.5. The zero-order valence-corrected chi connectivity index (χ0v) is 18.6. The molecule has 0 saturated heterocycles. The molecular weight excluding hydrogens is 427 g/mol. The van der Waals surface area contributed by atoms with E-state index in [9.17, 15) is 4.79 Å². The molecule has 5 nitrogen and oxygen atoms in total. The molecule has 2 aromatic carbocycles. The molecule has 0 atom stereocenters. The van der Waals surface area contributed by atoms with E-state index in [-0.39, 0.29) is 11.9 Å². The summed E-state index contributed by atoms with van der Waals surface area (Å²) in [6.45, 7) is 3.91. The number of nitrogens with one attached hydrogen (secondary N) is 1. The third-order valence-corrected chi connectivity index (χ3v) is 5.81. The van der Waals surface area contributed by atoms with Gasteiger partial charge in [-0.25, -0.2) is 0 Å². The van der Waals surface area contributed by atoms with E-state index < -0.39 is 0 Å². The third-order valence-electron chi connectivity index (χ3n) is 4.06. The molecule has 1 aromatic heterocycles. The number of hydrogen-bond acceptors (Lipinski definition) is 4. The molecule has 29 heavy (non-hydrogen) atoms. The molecule has 0 fully saturated rings. The lowest BCUT2D eigenvalue weighted by molar-refractivity contribution is -0.121. The SMILES string of the molecule is CC(C)NC(=O)CCCSc1nnc(-c2ccccc2)n1-c1ccc(Cl)c(Cl)c1. The maximum absolute atomic E-state index is 11.8. The van der Waals surface area contributed by atoms with Crippen LogP contribution in [0.2, 0.25) is 10.0 Å². The van der Waals surface area contributed by atoms with Crippen LogP contribution in [0.1, 0.15) is 26.7 Å². The van der Waals surface area contributed by atoms with Gasteiger partial charge in [-0.1, -0.05) is 65.3 Å². The first-order valence-corrected chi connectivity index (χ1v) is 11.1. The largest absolute Gasteiger partial charge is 0.354 e. The Morgan fingerprint density at radius 3 is 2.55 bits per heavy atom. The van der Waals surface area contributed by atoms with E-state index >= 15 is 0 Å². The van der Waals surface area contributed by atoms with Gasteiger partial charge in [0.15, 0.2) is 11.0 Å². The molecule has 0 aliphatic rings. The van der Waals surface area contributed by atoms with E-state index in [2.05, 4.69) is 15.5 Å². The second-order valence-electron chi connectivity index (χ2n) is 6.78. The van der Waals surface area contributed by atoms with Gasteiger partial charge in [0.2, 0.25) is 5.91 Å². The van der Waals surface area contributed by atoms with E-state index in [0.717, 1.165) is 34.4 Å². The Kier molecular flexibility index (Phi) is 7.58. The van der Waals surface area contributed by atoms with Crippen molar-refractivity contribution < 1.29 is 4.79 Å². The standard InChI is InChI=1S/C21H22Cl2N4OS/c1-14(2)24-19(28)9-6-12-29-21-26-25-20(15-7-4-3-5-8-15)27(21)16-10-11-17(22)18(23)13-16/h3-5,7-8,10-11,13-14H,6,9,12H2,1-2H3,(H,24,28). The first-order chi connectivity index (χ1) is 14.0. The zero-order valence-electron chi connectivity index (χ0n) is 16.2. The highest BCUT2D eigenvalue weighted by molar-refractivity contribution is 7.99. The van der Waals surface area contributed by atoms with Crippen molar-refractivity contribution in [1.29, 1.82) is 0 Å². The number of hydrogen-bond donors (Lipinski definition) is 1. The molecule has 1 N–H and O–H groups in total. The maximum Gasteiger partial charge on any atom is 0.220 e. The maximum atomic E-state index is 11.8. The number of thioether (sulfide) groups is 1. The van der Waals surface area contributed by atoms with Gasteiger partial charge in [0.05, 0.1) is 15.7 Å². The van der Waals surface area contributed by atoms with E-state index in [0.29, 0.717) is 16.5 Å². The van der Waals surface area contributed by atoms with E-state index in [1.54, 1.807) is 23.9 Å². The van der Waals surface area contributed by atoms with Crippen LogP contribution in [0.15, 0.2) is 53.7 Å². The molecule has 3 aromatic rings. The number of carbonyl (C=O) groups is 1. The average molecular weight is 449 g/mol. The summed E-state index contributed by atoms with van der Waals surface area (Å²) in [6.07, 6.45) is 1.23. The fourth-order valence-corrected chi connectivity index (χ4v) is 3.97. The number of nitrogens with zero attached hydrogens (tertiary/aromatic N) is 3. The third kappa shape index (κ3) is 5.75. The molecule has 0 bridgehead atoms. The van der Waals surface area contributed by atoms with Crippen molar-refractivity contribution >= 4 is 40.9 Å². The van der Waals surface area contributed by atoms with Crippen LogP contribution in [0.25, 0.3) is 17.1 Å². The van der Waals surface area contributed by atoms with Gasteiger partial charge in [0.1, 0.15) is 0 Å². The van der Waals surface area contributed by atoms with Crippen LogP contribution in [0, 0.1) is 0 Å². The first-order valence-electron chi connectivity index (χ1n) is 9.34. The van der Waals surface area contributed by atoms with Crippen LogP contribution in [0.4, 0.5) is 0 Å². The number of benzene rings is 2. The number of rotatable bonds is 8. The minimum atomic E-state index is 0.0662. The zero-order chi connectivity index (χ0) is 20.8. The Hall–Kier alpha value is -2.02. The summed E-state index contributed by atoms with van der Waals surface area (Å²) in [5.41, 5.74) is 1.79. The number of halogens is 2. The minimum Gasteiger partial charge on any atom is -0.354 e. The number of aromatic nitrogens is 3. The lowest BCUT2D eigenvalue weighted by Gasteiger charge is -2.11. The molecule has 0 spiro atoms. The van der Waals surface area contributed by atoms with Crippen molar-refractivity contribution in [3.8, 4) is 17.1 Å². The highest BCUT2D eigenvalue weighted by Gasteiger charge is 2.17. The van der Waals surface area contributed by atoms with Crippen LogP contribution < -0.4 is 5.32 Å². The van der Waals surface area contributed by atoms with Crippen LogP contribution >= 0.6 is 35.0 Å². The first kappa shape index (κ1) is 21.7. The summed E-state index contributed by atoms with van der Waals surface area (Å²) in [5, 5.41) is 13.4. The molecule has 0 unspecified atom stereocenters. The molecule has 0 radical (unpaired) electrons. The van der Waals surface area contributed by atoms with Crippen LogP contribution in [0.5, 0.6) is 0 Å². The predicted molar refractivity (Wildman–Crippen MR) is 120 cm³/mol. The van der Waals surface area contributed by atoms with Crippen molar-refractivity contribution in [3.63, 3.8) is 0 Å². The van der Waals surface area contributed by atoms with Gasteiger partial charge in [-0.15, -0.1) is 10.2 Å².